The maximum Gasteiger partial charge on any atom is 0.326 e. The van der Waals surface area contributed by atoms with Crippen molar-refractivity contribution in [2.24, 2.45) is 0 Å². The van der Waals surface area contributed by atoms with Crippen LogP contribution in [0.3, 0.4) is 0 Å². The van der Waals surface area contributed by atoms with Crippen LogP contribution in [0.2, 0.25) is 0 Å². The van der Waals surface area contributed by atoms with Crippen molar-refractivity contribution in [1.82, 2.24) is 58.6 Å². The fourth-order valence-electron chi connectivity index (χ4n) is 9.07. The van der Waals surface area contributed by atoms with Gasteiger partial charge in [-0.1, -0.05) is 36.4 Å². The number of fused-ring (bicyclic) bond motifs is 4. The highest BCUT2D eigenvalue weighted by molar-refractivity contribution is 5.88. The second-order valence-corrected chi connectivity index (χ2v) is 17.2. The van der Waals surface area contributed by atoms with Crippen LogP contribution in [0.1, 0.15) is 6.92 Å². The molecule has 22 nitrogen and oxygen atoms in total. The molecule has 4 aromatic carbocycles. The number of benzene rings is 4. The van der Waals surface area contributed by atoms with E-state index in [1.807, 2.05) is 72.8 Å². The average molecular weight is 969 g/mol. The summed E-state index contributed by atoms with van der Waals surface area (Å²) in [6.45, 7) is 7.66. The first kappa shape index (κ1) is 45.1. The smallest absolute Gasteiger partial charge is 0.326 e. The number of anilines is 4. The molecule has 0 spiro atoms. The average Bonchev–Trinajstić information content (AvgIpc) is 4.22. The van der Waals surface area contributed by atoms with Crippen LogP contribution >= 0.6 is 0 Å². The molecule has 2 fully saturated rings. The number of aromatic nitrogens is 12. The lowest BCUT2D eigenvalue weighted by atomic mass is 10.2. The Morgan fingerprint density at radius 3 is 1.39 bits per heavy atom. The summed E-state index contributed by atoms with van der Waals surface area (Å²) in [5.41, 5.74) is 5.94. The van der Waals surface area contributed by atoms with Gasteiger partial charge in [0, 0.05) is 74.5 Å². The third-order valence-corrected chi connectivity index (χ3v) is 12.7. The van der Waals surface area contributed by atoms with Gasteiger partial charge < -0.3 is 48.8 Å². The van der Waals surface area contributed by atoms with Gasteiger partial charge >= 0.3 is 11.9 Å². The van der Waals surface area contributed by atoms with Gasteiger partial charge in [0.15, 0.2) is 34.0 Å². The van der Waals surface area contributed by atoms with E-state index in [-0.39, 0.29) is 30.6 Å². The molecule has 0 aliphatic carbocycles. The van der Waals surface area contributed by atoms with E-state index in [4.69, 9.17) is 24.7 Å². The van der Waals surface area contributed by atoms with Crippen LogP contribution in [0.15, 0.2) is 122 Å². The molecule has 22 heteroatoms. The van der Waals surface area contributed by atoms with Crippen LogP contribution in [-0.2, 0) is 27.4 Å². The van der Waals surface area contributed by atoms with Gasteiger partial charge in [0.25, 0.3) is 0 Å². The summed E-state index contributed by atoms with van der Waals surface area (Å²) < 4.78 is 11.9. The molecular weight excluding hydrogens is 921 g/mol. The van der Waals surface area contributed by atoms with E-state index >= 15 is 0 Å². The number of nitrogens with zero attached hydrogens (tertiary/aromatic N) is 16. The number of carboxylic acid groups (broad SMARTS) is 1. The van der Waals surface area contributed by atoms with Gasteiger partial charge in [0.05, 0.1) is 42.7 Å². The third kappa shape index (κ3) is 8.91. The molecule has 0 saturated carbocycles. The molecule has 2 aliphatic heterocycles. The number of imidazole rings is 2. The second-order valence-electron chi connectivity index (χ2n) is 17.2. The highest BCUT2D eigenvalue weighted by Crippen LogP contribution is 2.29. The highest BCUT2D eigenvalue weighted by Gasteiger charge is 2.26. The van der Waals surface area contributed by atoms with Gasteiger partial charge in [-0.2, -0.15) is 30.1 Å². The number of hydrogen-bond donors (Lipinski definition) is 3. The minimum Gasteiger partial charge on any atom is -0.508 e. The summed E-state index contributed by atoms with van der Waals surface area (Å²) in [4.78, 5) is 60.8. The number of esters is 1. The Morgan fingerprint density at radius 2 is 0.958 bits per heavy atom. The van der Waals surface area contributed by atoms with Crippen molar-refractivity contribution in [3.63, 3.8) is 0 Å². The number of rotatable bonds is 11. The van der Waals surface area contributed by atoms with E-state index in [1.54, 1.807) is 63.8 Å². The zero-order valence-electron chi connectivity index (χ0n) is 39.0. The van der Waals surface area contributed by atoms with Gasteiger partial charge in [-0.05, 0) is 67.6 Å². The molecule has 0 atom stereocenters. The first-order valence-electron chi connectivity index (χ1n) is 23.4. The number of ether oxygens (including phenoxy) is 1. The van der Waals surface area contributed by atoms with E-state index in [0.717, 1.165) is 59.4 Å². The Balaban J connectivity index is 0.000000156. The van der Waals surface area contributed by atoms with E-state index in [9.17, 15) is 24.9 Å². The molecule has 6 aromatic heterocycles. The monoisotopic (exact) mass is 968 g/mol. The van der Waals surface area contributed by atoms with Gasteiger partial charge in [-0.3, -0.25) is 9.59 Å². The fraction of sp³-hybridized carbons (Fsp3) is 0.240. The summed E-state index contributed by atoms with van der Waals surface area (Å²) in [5, 5.41) is 39.6. The lowest BCUT2D eigenvalue weighted by Gasteiger charge is -2.36. The molecule has 2 aliphatic rings. The largest absolute Gasteiger partial charge is 0.508 e. The van der Waals surface area contributed by atoms with Gasteiger partial charge in [-0.25, -0.2) is 19.3 Å². The first-order chi connectivity index (χ1) is 35.2. The number of aromatic hydroxyl groups is 2. The normalized spacial score (nSPS) is 14.1. The Labute approximate surface area is 410 Å². The van der Waals surface area contributed by atoms with Crippen LogP contribution < -0.4 is 19.6 Å². The zero-order chi connectivity index (χ0) is 49.3. The molecule has 8 heterocycles. The SMILES string of the molecule is CCOC(=O)Cn1cnc2c(-n3ncc4ccccc43)nc(N3CCN(c4ccc(O)cc4)CC3)nc21.O=C(O)Cn1cnc2c(-n3ncc4ccccc43)nc(N3CCN(c4ccc(O)cc4)CC3)nc21. The van der Waals surface area contributed by atoms with E-state index in [0.29, 0.717) is 78.6 Å². The summed E-state index contributed by atoms with van der Waals surface area (Å²) >= 11 is 0. The fourth-order valence-corrected chi connectivity index (χ4v) is 9.07. The van der Waals surface area contributed by atoms with Crippen molar-refractivity contribution >= 4 is 79.3 Å². The summed E-state index contributed by atoms with van der Waals surface area (Å²) in [6.07, 6.45) is 6.65. The molecule has 0 unspecified atom stereocenters. The molecule has 0 radical (unpaired) electrons. The zero-order valence-corrected chi connectivity index (χ0v) is 39.0. The van der Waals surface area contributed by atoms with Gasteiger partial charge in [0.1, 0.15) is 24.6 Å². The molecule has 10 aromatic rings. The van der Waals surface area contributed by atoms with Crippen molar-refractivity contribution in [1.29, 1.82) is 0 Å². The maximum absolute atomic E-state index is 12.3. The Morgan fingerprint density at radius 1 is 0.542 bits per heavy atom. The van der Waals surface area contributed by atoms with Crippen LogP contribution in [0.25, 0.3) is 55.8 Å². The van der Waals surface area contributed by atoms with Crippen LogP contribution in [0, 0.1) is 0 Å². The van der Waals surface area contributed by atoms with Crippen LogP contribution in [-0.4, -0.2) is 145 Å². The van der Waals surface area contributed by atoms with Crippen molar-refractivity contribution < 1.29 is 29.6 Å². The van der Waals surface area contributed by atoms with Crippen LogP contribution in [0.4, 0.5) is 23.3 Å². The number of para-hydroxylation sites is 2. The molecule has 72 heavy (non-hydrogen) atoms. The standard InChI is InChI=1S/C26H26N8O3.C24H22N8O3/c1-2-37-22(36)16-33-17-27-23-24(33)29-26(30-25(23)34-21-6-4-3-5-18(21)15-28-34)32-13-11-31(12-14-32)19-7-9-20(35)10-8-19;33-18-7-5-17(6-8-18)29-9-11-30(12-10-29)24-27-22-21(25-15-31(22)14-20(34)35)23(28-24)32-19-4-2-1-3-16(19)13-26-32/h3-10,15,17,35H,2,11-14,16H2,1H3;1-8,13,15,33H,9-12,14H2,(H,34,35). The second kappa shape index (κ2) is 19.2. The number of carbonyl (C=O) groups is 2. The number of aliphatic carboxylic acids is 1. The minimum atomic E-state index is -0.974. The lowest BCUT2D eigenvalue weighted by Crippen LogP contribution is -2.47. The number of carbonyl (C=O) groups excluding carboxylic acids is 1. The Hall–Kier alpha value is -9.34. The lowest BCUT2D eigenvalue weighted by molar-refractivity contribution is -0.143. The topological polar surface area (TPSA) is 240 Å². The summed E-state index contributed by atoms with van der Waals surface area (Å²) in [6, 6.07) is 30.1. The Bertz CT molecular complexity index is 3570. The number of carboxylic acids is 1. The number of phenols is 2. The van der Waals surface area contributed by atoms with Crippen molar-refractivity contribution in [3.8, 4) is 23.1 Å². The maximum atomic E-state index is 12.3. The van der Waals surface area contributed by atoms with E-state index < -0.39 is 5.97 Å². The summed E-state index contributed by atoms with van der Waals surface area (Å²) in [5.74, 6) is 1.30. The summed E-state index contributed by atoms with van der Waals surface area (Å²) in [7, 11) is 0. The molecule has 0 amide bonds. The molecule has 3 N–H and O–H groups in total. The number of phenolic OH excluding ortho intramolecular Hbond substituents is 2. The predicted molar refractivity (Wildman–Crippen MR) is 269 cm³/mol. The molecule has 0 bridgehead atoms. The van der Waals surface area contributed by atoms with E-state index in [1.165, 1.54) is 10.9 Å². The molecule has 12 rings (SSSR count). The molecular formula is C50H48N16O6. The predicted octanol–water partition coefficient (Wildman–Crippen LogP) is 5.04. The van der Waals surface area contributed by atoms with Crippen molar-refractivity contribution in [3.05, 3.63) is 122 Å². The van der Waals surface area contributed by atoms with Gasteiger partial charge in [-0.15, -0.1) is 0 Å². The highest BCUT2D eigenvalue weighted by atomic mass is 16.5. The molecule has 364 valence electrons. The van der Waals surface area contributed by atoms with Crippen molar-refractivity contribution in [2.45, 2.75) is 20.0 Å². The molecule has 2 saturated heterocycles. The van der Waals surface area contributed by atoms with Crippen LogP contribution in [0.5, 0.6) is 11.5 Å². The van der Waals surface area contributed by atoms with Gasteiger partial charge in [0.2, 0.25) is 11.9 Å². The minimum absolute atomic E-state index is 0.00865. The number of hydrogen-bond acceptors (Lipinski definition) is 17. The first-order valence-corrected chi connectivity index (χ1v) is 23.4. The quantitative estimate of drug-likeness (QED) is 0.144. The third-order valence-electron chi connectivity index (χ3n) is 12.7. The Kier molecular flexibility index (Phi) is 12.0. The number of piperazine rings is 2. The van der Waals surface area contributed by atoms with E-state index in [2.05, 4.69) is 39.8 Å². The van der Waals surface area contributed by atoms with Crippen molar-refractivity contribution in [2.75, 3.05) is 78.6 Å².